The van der Waals surface area contributed by atoms with Crippen LogP contribution in [0.2, 0.25) is 0 Å². The first-order valence-electron chi connectivity index (χ1n) is 8.51. The topological polar surface area (TPSA) is 0 Å². The summed E-state index contributed by atoms with van der Waals surface area (Å²) in [6.45, 7) is 5.15. The summed E-state index contributed by atoms with van der Waals surface area (Å²) < 4.78 is 0. The van der Waals surface area contributed by atoms with Gasteiger partial charge in [-0.15, -0.1) is 0 Å². The molecule has 0 saturated heterocycles. The largest absolute Gasteiger partial charge is 0.0879 e. The molecule has 104 valence electrons. The third-order valence-electron chi connectivity index (χ3n) is 7.32. The maximum absolute atomic E-state index is 2.70. The van der Waals surface area contributed by atoms with Gasteiger partial charge in [0.25, 0.3) is 0 Å². The van der Waals surface area contributed by atoms with E-state index in [4.69, 9.17) is 0 Å². The van der Waals surface area contributed by atoms with Gasteiger partial charge < -0.3 is 0 Å². The number of allylic oxidation sites excluding steroid dienone is 4. The minimum atomic E-state index is 0.492. The van der Waals surface area contributed by atoms with E-state index in [1.165, 1.54) is 51.4 Å². The maximum Gasteiger partial charge on any atom is -0.00497 e. The molecule has 0 heterocycles. The van der Waals surface area contributed by atoms with Crippen LogP contribution in [0.4, 0.5) is 0 Å². The van der Waals surface area contributed by atoms with Crippen LogP contribution >= 0.6 is 0 Å². The summed E-state index contributed by atoms with van der Waals surface area (Å²) in [4.78, 5) is 0. The van der Waals surface area contributed by atoms with Crippen molar-refractivity contribution in [2.45, 2.75) is 65.2 Å². The van der Waals surface area contributed by atoms with Gasteiger partial charge in [0.05, 0.1) is 0 Å². The molecule has 4 aliphatic rings. The molecule has 4 aliphatic carbocycles. The molecule has 0 aromatic carbocycles. The molecule has 0 bridgehead atoms. The SMILES string of the molecule is C[C@@]12CCC[C@H]1C1=CCC3CCC=C[C@]3(C)[C@H]1CC2. The van der Waals surface area contributed by atoms with Gasteiger partial charge in [-0.05, 0) is 73.5 Å². The molecule has 2 fully saturated rings. The van der Waals surface area contributed by atoms with Crippen molar-refractivity contribution < 1.29 is 0 Å². The fraction of sp³-hybridized carbons (Fsp3) is 0.789. The zero-order valence-corrected chi connectivity index (χ0v) is 12.6. The number of fused-ring (bicyclic) bond motifs is 5. The zero-order valence-electron chi connectivity index (χ0n) is 12.6. The molecule has 1 unspecified atom stereocenters. The molecular formula is C19H28. The molecule has 0 heteroatoms. The molecule has 5 atom stereocenters. The molecule has 0 N–H and O–H groups in total. The maximum atomic E-state index is 2.70. The van der Waals surface area contributed by atoms with Gasteiger partial charge in [-0.1, -0.05) is 44.1 Å². The van der Waals surface area contributed by atoms with Crippen molar-refractivity contribution in [3.63, 3.8) is 0 Å². The van der Waals surface area contributed by atoms with Crippen molar-refractivity contribution in [3.8, 4) is 0 Å². The zero-order chi connectivity index (χ0) is 13.1. The Morgan fingerprint density at radius 1 is 1.05 bits per heavy atom. The molecule has 19 heavy (non-hydrogen) atoms. The van der Waals surface area contributed by atoms with Gasteiger partial charge in [0.15, 0.2) is 0 Å². The highest BCUT2D eigenvalue weighted by Crippen LogP contribution is 2.63. The highest BCUT2D eigenvalue weighted by molar-refractivity contribution is 5.29. The number of hydrogen-bond donors (Lipinski definition) is 0. The summed E-state index contributed by atoms with van der Waals surface area (Å²) in [6, 6.07) is 0. The smallest absolute Gasteiger partial charge is 0.00497 e. The molecule has 0 nitrogen and oxygen atoms in total. The molecule has 0 aromatic rings. The summed E-state index contributed by atoms with van der Waals surface area (Å²) in [5.74, 6) is 2.73. The van der Waals surface area contributed by atoms with Crippen molar-refractivity contribution in [1.29, 1.82) is 0 Å². The van der Waals surface area contributed by atoms with Crippen LogP contribution in [-0.4, -0.2) is 0 Å². The van der Waals surface area contributed by atoms with Crippen molar-refractivity contribution in [1.82, 2.24) is 0 Å². The summed E-state index contributed by atoms with van der Waals surface area (Å²) in [6.07, 6.45) is 19.3. The van der Waals surface area contributed by atoms with Crippen LogP contribution in [0.5, 0.6) is 0 Å². The Labute approximate surface area is 118 Å². The highest BCUT2D eigenvalue weighted by atomic mass is 14.6. The third kappa shape index (κ3) is 1.58. The first kappa shape index (κ1) is 12.2. The normalized spacial score (nSPS) is 52.1. The first-order chi connectivity index (χ1) is 9.13. The van der Waals surface area contributed by atoms with Crippen LogP contribution < -0.4 is 0 Å². The van der Waals surface area contributed by atoms with Crippen LogP contribution in [0.15, 0.2) is 23.8 Å². The number of rotatable bonds is 0. The number of hydrogen-bond acceptors (Lipinski definition) is 0. The van der Waals surface area contributed by atoms with E-state index < -0.39 is 0 Å². The Morgan fingerprint density at radius 2 is 1.95 bits per heavy atom. The fourth-order valence-corrected chi connectivity index (χ4v) is 6.07. The standard InChI is InChI=1S/C19H28/c1-18-11-5-7-16(18)15-9-8-14-6-3-4-12-19(14,2)17(15)10-13-18/h4,9,12,14,16-17H,3,5-8,10-11,13H2,1-2H3/t14?,16-,17-,18-,19-/m0/s1. The monoisotopic (exact) mass is 256 g/mol. The van der Waals surface area contributed by atoms with E-state index in [0.29, 0.717) is 10.8 Å². The van der Waals surface area contributed by atoms with Gasteiger partial charge in [-0.2, -0.15) is 0 Å². The molecular weight excluding hydrogens is 228 g/mol. The third-order valence-corrected chi connectivity index (χ3v) is 7.32. The highest BCUT2D eigenvalue weighted by Gasteiger charge is 2.53. The van der Waals surface area contributed by atoms with Gasteiger partial charge in [-0.3, -0.25) is 0 Å². The Morgan fingerprint density at radius 3 is 2.84 bits per heavy atom. The summed E-state index contributed by atoms with van der Waals surface area (Å²) in [5, 5.41) is 0. The predicted octanol–water partition coefficient (Wildman–Crippen LogP) is 5.51. The minimum Gasteiger partial charge on any atom is -0.0879 e. The average molecular weight is 256 g/mol. The summed E-state index contributed by atoms with van der Waals surface area (Å²) in [7, 11) is 0. The predicted molar refractivity (Wildman–Crippen MR) is 80.8 cm³/mol. The quantitative estimate of drug-likeness (QED) is 0.502. The van der Waals surface area contributed by atoms with Crippen LogP contribution in [0.3, 0.4) is 0 Å². The molecule has 0 spiro atoms. The van der Waals surface area contributed by atoms with E-state index in [-0.39, 0.29) is 0 Å². The molecule has 0 radical (unpaired) electrons. The second-order valence-corrected chi connectivity index (χ2v) is 8.17. The molecule has 0 aromatic heterocycles. The molecule has 0 amide bonds. The van der Waals surface area contributed by atoms with Crippen LogP contribution in [0.25, 0.3) is 0 Å². The van der Waals surface area contributed by atoms with Gasteiger partial charge >= 0.3 is 0 Å². The lowest BCUT2D eigenvalue weighted by atomic mass is 9.50. The van der Waals surface area contributed by atoms with Crippen LogP contribution in [-0.2, 0) is 0 Å². The van der Waals surface area contributed by atoms with E-state index in [9.17, 15) is 0 Å². The first-order valence-corrected chi connectivity index (χ1v) is 8.51. The second kappa shape index (κ2) is 3.99. The summed E-state index contributed by atoms with van der Waals surface area (Å²) in [5.41, 5.74) is 3.03. The van der Waals surface area contributed by atoms with Crippen LogP contribution in [0, 0.1) is 28.6 Å². The van der Waals surface area contributed by atoms with E-state index in [1.807, 2.05) is 5.57 Å². The average Bonchev–Trinajstić information content (AvgIpc) is 2.79. The minimum absolute atomic E-state index is 0.492. The summed E-state index contributed by atoms with van der Waals surface area (Å²) >= 11 is 0. The van der Waals surface area contributed by atoms with Crippen molar-refractivity contribution >= 4 is 0 Å². The van der Waals surface area contributed by atoms with E-state index >= 15 is 0 Å². The van der Waals surface area contributed by atoms with Crippen molar-refractivity contribution in [2.75, 3.05) is 0 Å². The molecule has 4 rings (SSSR count). The van der Waals surface area contributed by atoms with Crippen molar-refractivity contribution in [2.24, 2.45) is 28.6 Å². The Kier molecular flexibility index (Phi) is 2.57. The lowest BCUT2D eigenvalue weighted by Crippen LogP contribution is -2.45. The molecule has 2 saturated carbocycles. The Balaban J connectivity index is 1.74. The van der Waals surface area contributed by atoms with Crippen LogP contribution in [0.1, 0.15) is 65.2 Å². The van der Waals surface area contributed by atoms with Gasteiger partial charge in [0.2, 0.25) is 0 Å². The van der Waals surface area contributed by atoms with Gasteiger partial charge in [0, 0.05) is 0 Å². The lowest BCUT2D eigenvalue weighted by molar-refractivity contribution is 0.0667. The lowest BCUT2D eigenvalue weighted by Gasteiger charge is -2.54. The fourth-order valence-electron chi connectivity index (χ4n) is 6.07. The van der Waals surface area contributed by atoms with Gasteiger partial charge in [0.1, 0.15) is 0 Å². The van der Waals surface area contributed by atoms with E-state index in [0.717, 1.165) is 17.8 Å². The van der Waals surface area contributed by atoms with E-state index in [2.05, 4.69) is 32.1 Å². The van der Waals surface area contributed by atoms with Gasteiger partial charge in [-0.25, -0.2) is 0 Å². The molecule has 0 aliphatic heterocycles. The van der Waals surface area contributed by atoms with E-state index in [1.54, 1.807) is 0 Å². The Hall–Kier alpha value is -0.520. The second-order valence-electron chi connectivity index (χ2n) is 8.17. The Bertz CT molecular complexity index is 443. The van der Waals surface area contributed by atoms with Crippen molar-refractivity contribution in [3.05, 3.63) is 23.8 Å².